The molecular formula is C28H29N9O3. The van der Waals surface area contributed by atoms with Crippen molar-refractivity contribution >= 4 is 46.0 Å². The zero-order valence-electron chi connectivity index (χ0n) is 21.8. The van der Waals surface area contributed by atoms with Gasteiger partial charge in [-0.25, -0.2) is 19.7 Å². The molecule has 5 heterocycles. The van der Waals surface area contributed by atoms with Gasteiger partial charge in [0.1, 0.15) is 23.6 Å². The van der Waals surface area contributed by atoms with Gasteiger partial charge in [-0.1, -0.05) is 18.7 Å². The number of urea groups is 1. The van der Waals surface area contributed by atoms with Crippen LogP contribution in [-0.4, -0.2) is 77.3 Å². The van der Waals surface area contributed by atoms with Gasteiger partial charge in [0.25, 0.3) is 0 Å². The highest BCUT2D eigenvalue weighted by atomic mass is 16.5. The molecule has 1 aromatic carbocycles. The van der Waals surface area contributed by atoms with Crippen LogP contribution in [0.2, 0.25) is 0 Å². The number of anilines is 4. The maximum Gasteiger partial charge on any atom is 0.324 e. The molecule has 3 amide bonds. The number of pyridine rings is 1. The minimum Gasteiger partial charge on any atom is -0.378 e. The van der Waals surface area contributed by atoms with Crippen LogP contribution in [0.4, 0.5) is 27.8 Å². The molecule has 2 aliphatic rings. The molecule has 0 spiro atoms. The van der Waals surface area contributed by atoms with Gasteiger partial charge in [-0.05, 0) is 35.9 Å². The number of aromatic amines is 1. The largest absolute Gasteiger partial charge is 0.378 e. The fraction of sp³-hybridized carbons (Fsp3) is 0.250. The van der Waals surface area contributed by atoms with Crippen LogP contribution in [0.25, 0.3) is 22.3 Å². The van der Waals surface area contributed by atoms with Crippen LogP contribution >= 0.6 is 0 Å². The predicted molar refractivity (Wildman–Crippen MR) is 154 cm³/mol. The van der Waals surface area contributed by atoms with E-state index in [4.69, 9.17) is 4.74 Å². The van der Waals surface area contributed by atoms with E-state index in [0.717, 1.165) is 46.9 Å². The molecule has 0 atom stereocenters. The van der Waals surface area contributed by atoms with E-state index in [1.165, 1.54) is 6.08 Å². The summed E-state index contributed by atoms with van der Waals surface area (Å²) >= 11 is 0. The van der Waals surface area contributed by atoms with Crippen LogP contribution < -0.4 is 25.8 Å². The lowest BCUT2D eigenvalue weighted by Crippen LogP contribution is -2.59. The summed E-state index contributed by atoms with van der Waals surface area (Å²) in [6.45, 7) is 7.79. The van der Waals surface area contributed by atoms with E-state index in [1.54, 1.807) is 18.6 Å². The van der Waals surface area contributed by atoms with Gasteiger partial charge in [0.05, 0.1) is 24.6 Å². The summed E-state index contributed by atoms with van der Waals surface area (Å²) in [7, 11) is 0. The molecule has 3 aromatic heterocycles. The second kappa shape index (κ2) is 11.0. The molecule has 0 unspecified atom stereocenters. The van der Waals surface area contributed by atoms with Gasteiger partial charge in [0, 0.05) is 55.5 Å². The Labute approximate surface area is 230 Å². The Morgan fingerprint density at radius 2 is 1.80 bits per heavy atom. The lowest BCUT2D eigenvalue weighted by Gasteiger charge is -2.41. The number of morpholine rings is 1. The molecular weight excluding hydrogens is 510 g/mol. The molecule has 12 nitrogen and oxygen atoms in total. The first-order valence-corrected chi connectivity index (χ1v) is 13.0. The lowest BCUT2D eigenvalue weighted by atomic mass is 10.1. The van der Waals surface area contributed by atoms with Gasteiger partial charge in [-0.2, -0.15) is 0 Å². The molecule has 4 N–H and O–H groups in total. The third-order valence-corrected chi connectivity index (χ3v) is 6.93. The molecule has 0 aliphatic carbocycles. The highest BCUT2D eigenvalue weighted by Crippen LogP contribution is 2.30. The molecule has 2 fully saturated rings. The van der Waals surface area contributed by atoms with Crippen LogP contribution in [0.3, 0.4) is 0 Å². The Bertz CT molecular complexity index is 1540. The van der Waals surface area contributed by atoms with Crippen molar-refractivity contribution < 1.29 is 14.3 Å². The van der Waals surface area contributed by atoms with Crippen molar-refractivity contribution in [3.8, 4) is 11.3 Å². The number of aromatic nitrogens is 4. The number of benzene rings is 1. The van der Waals surface area contributed by atoms with Gasteiger partial charge >= 0.3 is 6.03 Å². The van der Waals surface area contributed by atoms with Crippen molar-refractivity contribution in [1.82, 2.24) is 25.3 Å². The van der Waals surface area contributed by atoms with Crippen LogP contribution in [0.1, 0.15) is 0 Å². The number of nitrogens with zero attached hydrogens (tertiary/aromatic N) is 5. The number of carbonyl (C=O) groups excluding carboxylic acids is 2. The molecule has 2 saturated heterocycles. The third-order valence-electron chi connectivity index (χ3n) is 6.93. The van der Waals surface area contributed by atoms with Gasteiger partial charge < -0.3 is 30.2 Å². The zero-order chi connectivity index (χ0) is 27.5. The van der Waals surface area contributed by atoms with Crippen LogP contribution in [0.15, 0.2) is 67.6 Å². The standard InChI is InChI=1S/C28H29N9O3/c1-2-25(38)32-20-15-37(16-20)21-7-8-29-24(13-21)35-28(39)33-19-5-3-18(4-6-19)23-14-22-26(34-23)30-17-31-27(22)36-9-11-40-12-10-36/h2-8,13-14,17,20H,1,9-12,15-16H2,(H,32,38)(H,30,31,34)(H2,29,33,35,39). The van der Waals surface area contributed by atoms with E-state index in [9.17, 15) is 9.59 Å². The summed E-state index contributed by atoms with van der Waals surface area (Å²) in [4.78, 5) is 45.0. The predicted octanol–water partition coefficient (Wildman–Crippen LogP) is 2.99. The first kappa shape index (κ1) is 25.3. The Kier molecular flexibility index (Phi) is 6.98. The van der Waals surface area contributed by atoms with E-state index < -0.39 is 6.03 Å². The maximum atomic E-state index is 12.6. The van der Waals surface area contributed by atoms with Gasteiger partial charge in [-0.15, -0.1) is 0 Å². The highest BCUT2D eigenvalue weighted by molar-refractivity contribution is 5.99. The number of H-pyrrole nitrogens is 1. The van der Waals surface area contributed by atoms with Gasteiger partial charge in [-0.3, -0.25) is 10.1 Å². The number of hydrogen-bond donors (Lipinski definition) is 4. The highest BCUT2D eigenvalue weighted by Gasteiger charge is 2.28. The van der Waals surface area contributed by atoms with E-state index in [0.29, 0.717) is 37.8 Å². The third kappa shape index (κ3) is 5.43. The molecule has 0 saturated carbocycles. The average Bonchev–Trinajstić information content (AvgIpc) is 3.40. The van der Waals surface area contributed by atoms with Crippen LogP contribution in [0.5, 0.6) is 0 Å². The summed E-state index contributed by atoms with van der Waals surface area (Å²) in [5, 5.41) is 9.46. The van der Waals surface area contributed by atoms with Crippen molar-refractivity contribution in [3.63, 3.8) is 0 Å². The number of carbonyl (C=O) groups is 2. The van der Waals surface area contributed by atoms with Crippen LogP contribution in [-0.2, 0) is 9.53 Å². The van der Waals surface area contributed by atoms with E-state index >= 15 is 0 Å². The van der Waals surface area contributed by atoms with Crippen molar-refractivity contribution in [2.75, 3.05) is 59.8 Å². The summed E-state index contributed by atoms with van der Waals surface area (Å²) in [6, 6.07) is 13.0. The quantitative estimate of drug-likeness (QED) is 0.263. The normalized spacial score (nSPS) is 15.4. The Balaban J connectivity index is 1.07. The van der Waals surface area contributed by atoms with Crippen molar-refractivity contribution in [2.45, 2.75) is 6.04 Å². The fourth-order valence-electron chi connectivity index (χ4n) is 4.85. The van der Waals surface area contributed by atoms with Crippen LogP contribution in [0, 0.1) is 0 Å². The Morgan fingerprint density at radius 3 is 2.58 bits per heavy atom. The Hall–Kier alpha value is -4.97. The monoisotopic (exact) mass is 539 g/mol. The van der Waals surface area contributed by atoms with E-state index in [-0.39, 0.29) is 11.9 Å². The minimum atomic E-state index is -0.395. The number of rotatable bonds is 7. The summed E-state index contributed by atoms with van der Waals surface area (Å²) in [5.74, 6) is 1.15. The molecule has 6 rings (SSSR count). The topological polar surface area (TPSA) is 140 Å². The average molecular weight is 540 g/mol. The van der Waals surface area contributed by atoms with E-state index in [2.05, 4.69) is 58.3 Å². The lowest BCUT2D eigenvalue weighted by molar-refractivity contribution is -0.117. The number of fused-ring (bicyclic) bond motifs is 1. The number of nitrogens with one attached hydrogen (secondary N) is 4. The molecule has 204 valence electrons. The van der Waals surface area contributed by atoms with Crippen molar-refractivity contribution in [3.05, 3.63) is 67.6 Å². The van der Waals surface area contributed by atoms with Crippen molar-refractivity contribution in [1.29, 1.82) is 0 Å². The van der Waals surface area contributed by atoms with E-state index in [1.807, 2.05) is 30.3 Å². The summed E-state index contributed by atoms with van der Waals surface area (Å²) in [6.07, 6.45) is 4.49. The molecule has 4 aromatic rings. The van der Waals surface area contributed by atoms with Gasteiger partial charge in [0.15, 0.2) is 0 Å². The second-order valence-corrected chi connectivity index (χ2v) is 9.61. The zero-order valence-corrected chi connectivity index (χ0v) is 21.8. The maximum absolute atomic E-state index is 12.6. The second-order valence-electron chi connectivity index (χ2n) is 9.61. The fourth-order valence-corrected chi connectivity index (χ4v) is 4.85. The minimum absolute atomic E-state index is 0.0745. The smallest absolute Gasteiger partial charge is 0.324 e. The molecule has 2 aliphatic heterocycles. The SMILES string of the molecule is C=CC(=O)NC1CN(c2ccnc(NC(=O)Nc3ccc(-c4cc5c(N6CCOCC6)ncnc5[nH]4)cc3)c2)C1. The first-order chi connectivity index (χ1) is 19.6. The summed E-state index contributed by atoms with van der Waals surface area (Å²) in [5.41, 5.74) is 4.21. The van der Waals surface area contributed by atoms with Crippen molar-refractivity contribution in [2.24, 2.45) is 0 Å². The molecule has 0 bridgehead atoms. The molecule has 12 heteroatoms. The number of hydrogen-bond acceptors (Lipinski definition) is 8. The first-order valence-electron chi connectivity index (χ1n) is 13.0. The molecule has 0 radical (unpaired) electrons. The molecule has 40 heavy (non-hydrogen) atoms. The number of amides is 3. The number of ether oxygens (including phenoxy) is 1. The Morgan fingerprint density at radius 1 is 1.00 bits per heavy atom. The van der Waals surface area contributed by atoms with Gasteiger partial charge in [0.2, 0.25) is 5.91 Å². The summed E-state index contributed by atoms with van der Waals surface area (Å²) < 4.78 is 5.47.